The van der Waals surface area contributed by atoms with Gasteiger partial charge < -0.3 is 4.74 Å². The summed E-state index contributed by atoms with van der Waals surface area (Å²) < 4.78 is 67.7. The van der Waals surface area contributed by atoms with Crippen LogP contribution in [0.1, 0.15) is 5.56 Å². The molecule has 0 spiro atoms. The van der Waals surface area contributed by atoms with Gasteiger partial charge in [0.25, 0.3) is 0 Å². The van der Waals surface area contributed by atoms with Crippen LogP contribution in [0.5, 0.6) is 0 Å². The van der Waals surface area contributed by atoms with Crippen molar-refractivity contribution in [3.05, 3.63) is 28.8 Å². The summed E-state index contributed by atoms with van der Waals surface area (Å²) in [6.45, 7) is -0.121. The first kappa shape index (κ1) is 16.1. The van der Waals surface area contributed by atoms with Crippen LogP contribution >= 0.6 is 11.6 Å². The molecule has 1 rings (SSSR count). The summed E-state index contributed by atoms with van der Waals surface area (Å²) >= 11 is 5.48. The highest BCUT2D eigenvalue weighted by atomic mass is 35.5. The number of benzene rings is 1. The molecule has 0 fully saturated rings. The number of hydrogen-bond donors (Lipinski definition) is 1. The highest BCUT2D eigenvalue weighted by molar-refractivity contribution is 7.92. The van der Waals surface area contributed by atoms with E-state index in [0.717, 1.165) is 6.07 Å². The Morgan fingerprint density at radius 3 is 2.53 bits per heavy atom. The van der Waals surface area contributed by atoms with E-state index >= 15 is 0 Å². The average Bonchev–Trinajstić information content (AvgIpc) is 2.27. The maximum absolute atomic E-state index is 12.7. The zero-order valence-electron chi connectivity index (χ0n) is 9.79. The Morgan fingerprint density at radius 2 is 2.00 bits per heavy atom. The fraction of sp³-hybridized carbons (Fsp3) is 0.400. The summed E-state index contributed by atoms with van der Waals surface area (Å²) in [5.74, 6) is -0.441. The summed E-state index contributed by atoms with van der Waals surface area (Å²) in [7, 11) is -2.62. The number of hydrogen-bond acceptors (Lipinski definition) is 3. The van der Waals surface area contributed by atoms with Crippen LogP contribution in [0.3, 0.4) is 0 Å². The molecule has 4 nitrogen and oxygen atoms in total. The number of methoxy groups -OCH3 is 1. The zero-order chi connectivity index (χ0) is 14.7. The van der Waals surface area contributed by atoms with E-state index in [-0.39, 0.29) is 11.6 Å². The van der Waals surface area contributed by atoms with Gasteiger partial charge in [0.1, 0.15) is 0 Å². The minimum Gasteiger partial charge on any atom is -0.384 e. The van der Waals surface area contributed by atoms with Gasteiger partial charge in [-0.2, -0.15) is 13.2 Å². The average molecular weight is 318 g/mol. The van der Waals surface area contributed by atoms with E-state index in [4.69, 9.17) is 11.6 Å². The molecule has 19 heavy (non-hydrogen) atoms. The number of sulfonamides is 1. The molecule has 9 heteroatoms. The molecule has 0 aliphatic heterocycles. The van der Waals surface area contributed by atoms with E-state index in [2.05, 4.69) is 4.74 Å². The number of nitrogens with one attached hydrogen (secondary N) is 1. The van der Waals surface area contributed by atoms with Crippen LogP contribution in [0.25, 0.3) is 0 Å². The lowest BCUT2D eigenvalue weighted by molar-refractivity contribution is -0.136. The summed E-state index contributed by atoms with van der Waals surface area (Å²) in [6, 6.07) is 2.80. The molecule has 108 valence electrons. The van der Waals surface area contributed by atoms with E-state index in [9.17, 15) is 21.6 Å². The number of rotatable bonds is 5. The Morgan fingerprint density at radius 1 is 1.37 bits per heavy atom. The van der Waals surface area contributed by atoms with Crippen LogP contribution in [-0.4, -0.2) is 27.9 Å². The van der Waals surface area contributed by atoms with Gasteiger partial charge in [0.2, 0.25) is 10.0 Å². The molecular formula is C10H11ClF3NO3S. The molecule has 0 amide bonds. The second kappa shape index (κ2) is 5.98. The molecule has 0 bridgehead atoms. The third kappa shape index (κ3) is 4.88. The molecule has 0 radical (unpaired) electrons. The summed E-state index contributed by atoms with van der Waals surface area (Å²) in [4.78, 5) is 0. The van der Waals surface area contributed by atoms with E-state index in [0.29, 0.717) is 6.07 Å². The molecule has 0 heterocycles. The van der Waals surface area contributed by atoms with Crippen molar-refractivity contribution in [3.8, 4) is 0 Å². The quantitative estimate of drug-likeness (QED) is 0.908. The van der Waals surface area contributed by atoms with Crippen molar-refractivity contribution in [2.45, 2.75) is 6.18 Å². The van der Waals surface area contributed by atoms with Crippen molar-refractivity contribution in [2.24, 2.45) is 0 Å². The van der Waals surface area contributed by atoms with Gasteiger partial charge in [0.15, 0.2) is 0 Å². The predicted molar refractivity (Wildman–Crippen MR) is 65.7 cm³/mol. The normalized spacial score (nSPS) is 12.5. The van der Waals surface area contributed by atoms with Crippen molar-refractivity contribution in [2.75, 3.05) is 24.2 Å². The van der Waals surface area contributed by atoms with Crippen molar-refractivity contribution in [1.82, 2.24) is 0 Å². The van der Waals surface area contributed by atoms with Gasteiger partial charge in [0, 0.05) is 12.1 Å². The number of halogens is 4. The Labute approximate surface area is 113 Å². The predicted octanol–water partition coefficient (Wildman–Crippen LogP) is 2.75. The van der Waals surface area contributed by atoms with Gasteiger partial charge >= 0.3 is 6.18 Å². The maximum atomic E-state index is 12.7. The molecule has 1 aromatic rings. The van der Waals surface area contributed by atoms with E-state index in [1.807, 2.05) is 4.72 Å². The Bertz CT molecular complexity index is 545. The van der Waals surface area contributed by atoms with Gasteiger partial charge in [0.05, 0.1) is 23.6 Å². The van der Waals surface area contributed by atoms with E-state index < -0.39 is 33.2 Å². The Hall–Kier alpha value is -0.990. The molecule has 0 aromatic heterocycles. The SMILES string of the molecule is COCCS(=O)(=O)Nc1ccc(Cl)cc1C(F)(F)F. The molecule has 0 unspecified atom stereocenters. The first-order valence-electron chi connectivity index (χ1n) is 5.02. The largest absolute Gasteiger partial charge is 0.418 e. The third-order valence-electron chi connectivity index (χ3n) is 2.11. The number of alkyl halides is 3. The highest BCUT2D eigenvalue weighted by Crippen LogP contribution is 2.36. The van der Waals surface area contributed by atoms with Gasteiger partial charge in [-0.05, 0) is 18.2 Å². The molecule has 0 atom stereocenters. The van der Waals surface area contributed by atoms with E-state index in [1.54, 1.807) is 0 Å². The minimum atomic E-state index is -4.70. The van der Waals surface area contributed by atoms with Crippen molar-refractivity contribution < 1.29 is 26.3 Å². The van der Waals surface area contributed by atoms with Gasteiger partial charge in [-0.3, -0.25) is 4.72 Å². The lowest BCUT2D eigenvalue weighted by Crippen LogP contribution is -2.21. The van der Waals surface area contributed by atoms with Gasteiger partial charge in [-0.25, -0.2) is 8.42 Å². The van der Waals surface area contributed by atoms with Crippen LogP contribution in [0.2, 0.25) is 5.02 Å². The number of anilines is 1. The minimum absolute atomic E-state index is 0.121. The maximum Gasteiger partial charge on any atom is 0.418 e. The van der Waals surface area contributed by atoms with Crippen LogP contribution < -0.4 is 4.72 Å². The van der Waals surface area contributed by atoms with Gasteiger partial charge in [-0.15, -0.1) is 0 Å². The van der Waals surface area contributed by atoms with Crippen molar-refractivity contribution in [3.63, 3.8) is 0 Å². The second-order valence-electron chi connectivity index (χ2n) is 3.60. The molecule has 0 saturated carbocycles. The molecule has 1 aromatic carbocycles. The summed E-state index contributed by atoms with van der Waals surface area (Å²) in [6.07, 6.45) is -4.70. The molecule has 0 aliphatic carbocycles. The Kier molecular flexibility index (Phi) is 5.05. The zero-order valence-corrected chi connectivity index (χ0v) is 11.4. The second-order valence-corrected chi connectivity index (χ2v) is 5.88. The Balaban J connectivity index is 3.08. The summed E-state index contributed by atoms with van der Waals surface area (Å²) in [5, 5.41) is -0.132. The van der Waals surface area contributed by atoms with E-state index in [1.165, 1.54) is 13.2 Å². The first-order valence-corrected chi connectivity index (χ1v) is 7.05. The van der Waals surface area contributed by atoms with Crippen molar-refractivity contribution in [1.29, 1.82) is 0 Å². The number of ether oxygens (including phenoxy) is 1. The van der Waals surface area contributed by atoms with Crippen molar-refractivity contribution >= 4 is 27.3 Å². The van der Waals surface area contributed by atoms with Crippen LogP contribution in [0, 0.1) is 0 Å². The smallest absolute Gasteiger partial charge is 0.384 e. The fourth-order valence-electron chi connectivity index (χ4n) is 1.25. The molecule has 0 aliphatic rings. The highest BCUT2D eigenvalue weighted by Gasteiger charge is 2.34. The first-order chi connectivity index (χ1) is 8.65. The summed E-state index contributed by atoms with van der Waals surface area (Å²) in [5.41, 5.74) is -1.70. The van der Waals surface area contributed by atoms with Crippen LogP contribution in [0.15, 0.2) is 18.2 Å². The lowest BCUT2D eigenvalue weighted by atomic mass is 10.2. The molecular weight excluding hydrogens is 307 g/mol. The molecule has 1 N–H and O–H groups in total. The molecule has 0 saturated heterocycles. The third-order valence-corrected chi connectivity index (χ3v) is 3.58. The van der Waals surface area contributed by atoms with Gasteiger partial charge in [-0.1, -0.05) is 11.6 Å². The lowest BCUT2D eigenvalue weighted by Gasteiger charge is -2.15. The standard InChI is InChI=1S/C10H11ClF3NO3S/c1-18-4-5-19(16,17)15-9-3-2-7(11)6-8(9)10(12,13)14/h2-3,6,15H,4-5H2,1H3. The van der Waals surface area contributed by atoms with Crippen LogP contribution in [-0.2, 0) is 20.9 Å². The topological polar surface area (TPSA) is 55.4 Å². The fourth-order valence-corrected chi connectivity index (χ4v) is 2.42. The monoisotopic (exact) mass is 317 g/mol. The van der Waals surface area contributed by atoms with Crippen LogP contribution in [0.4, 0.5) is 18.9 Å².